The van der Waals surface area contributed by atoms with Crippen molar-refractivity contribution in [2.24, 2.45) is 0 Å². The molecule has 3 heterocycles. The lowest BCUT2D eigenvalue weighted by Crippen LogP contribution is -2.13. The van der Waals surface area contributed by atoms with Crippen LogP contribution in [-0.2, 0) is 0 Å². The molecular formula is C21H15Cl2N5OS. The number of hydrogen-bond donors (Lipinski definition) is 2. The molecule has 2 N–H and O–H groups in total. The third-order valence-electron chi connectivity index (χ3n) is 4.29. The molecule has 0 bridgehead atoms. The fraction of sp³-hybridized carbons (Fsp3) is 0.0476. The molecule has 0 fully saturated rings. The van der Waals surface area contributed by atoms with Crippen LogP contribution >= 0.6 is 34.5 Å². The first kappa shape index (κ1) is 20.3. The summed E-state index contributed by atoms with van der Waals surface area (Å²) in [6, 6.07) is 10.9. The number of carbonyl (C=O) groups excluding carboxylic acids is 1. The Morgan fingerprint density at radius 1 is 1.13 bits per heavy atom. The van der Waals surface area contributed by atoms with Gasteiger partial charge in [-0.1, -0.05) is 29.3 Å². The highest BCUT2D eigenvalue weighted by Crippen LogP contribution is 2.30. The fourth-order valence-electron chi connectivity index (χ4n) is 2.72. The molecule has 0 aliphatic rings. The molecule has 9 heteroatoms. The number of halogens is 2. The zero-order chi connectivity index (χ0) is 21.1. The molecule has 0 unspecified atom stereocenters. The number of nitrogens with zero attached hydrogens (tertiary/aromatic N) is 3. The number of amides is 1. The molecule has 3 aromatic heterocycles. The predicted octanol–water partition coefficient (Wildman–Crippen LogP) is 6.21. The van der Waals surface area contributed by atoms with Gasteiger partial charge in [0.05, 0.1) is 16.3 Å². The summed E-state index contributed by atoms with van der Waals surface area (Å²) in [5.41, 5.74) is 4.51. The van der Waals surface area contributed by atoms with Gasteiger partial charge in [0.2, 0.25) is 0 Å². The van der Waals surface area contributed by atoms with Crippen LogP contribution in [0.2, 0.25) is 10.2 Å². The van der Waals surface area contributed by atoms with Crippen molar-refractivity contribution in [1.29, 1.82) is 0 Å². The van der Waals surface area contributed by atoms with Gasteiger partial charge in [0.1, 0.15) is 5.15 Å². The van der Waals surface area contributed by atoms with Gasteiger partial charge in [-0.25, -0.2) is 9.97 Å². The van der Waals surface area contributed by atoms with E-state index < -0.39 is 0 Å². The number of rotatable bonds is 5. The summed E-state index contributed by atoms with van der Waals surface area (Å²) in [6.45, 7) is 1.98. The first-order valence-electron chi connectivity index (χ1n) is 8.86. The van der Waals surface area contributed by atoms with E-state index in [4.69, 9.17) is 23.2 Å². The highest BCUT2D eigenvalue weighted by Gasteiger charge is 2.14. The molecule has 4 aromatic rings. The normalized spacial score (nSPS) is 10.6. The second-order valence-electron chi connectivity index (χ2n) is 6.35. The van der Waals surface area contributed by atoms with Gasteiger partial charge in [0.25, 0.3) is 5.91 Å². The van der Waals surface area contributed by atoms with E-state index in [0.717, 1.165) is 27.6 Å². The summed E-state index contributed by atoms with van der Waals surface area (Å²) in [5, 5.41) is 9.06. The lowest BCUT2D eigenvalue weighted by molar-refractivity contribution is 0.102. The number of carbonyl (C=O) groups is 1. The zero-order valence-electron chi connectivity index (χ0n) is 15.7. The Labute approximate surface area is 186 Å². The van der Waals surface area contributed by atoms with Gasteiger partial charge >= 0.3 is 0 Å². The number of pyridine rings is 2. The third-order valence-corrected chi connectivity index (χ3v) is 5.81. The minimum atomic E-state index is -0.368. The lowest BCUT2D eigenvalue weighted by atomic mass is 10.1. The second-order valence-corrected chi connectivity index (χ2v) is 7.95. The predicted molar refractivity (Wildman–Crippen MR) is 122 cm³/mol. The average molecular weight is 456 g/mol. The Kier molecular flexibility index (Phi) is 5.94. The second kappa shape index (κ2) is 8.79. The van der Waals surface area contributed by atoms with Gasteiger partial charge in [0.15, 0.2) is 5.13 Å². The van der Waals surface area contributed by atoms with Crippen molar-refractivity contribution in [1.82, 2.24) is 15.0 Å². The average Bonchev–Trinajstić information content (AvgIpc) is 3.21. The summed E-state index contributed by atoms with van der Waals surface area (Å²) in [6.07, 6.45) is 4.94. The quantitative estimate of drug-likeness (QED) is 0.349. The summed E-state index contributed by atoms with van der Waals surface area (Å²) in [7, 11) is 0. The van der Waals surface area contributed by atoms with E-state index in [9.17, 15) is 4.79 Å². The molecule has 6 nitrogen and oxygen atoms in total. The van der Waals surface area contributed by atoms with Crippen molar-refractivity contribution in [3.63, 3.8) is 0 Å². The topological polar surface area (TPSA) is 79.8 Å². The molecule has 1 amide bonds. The highest BCUT2D eigenvalue weighted by atomic mass is 35.5. The standard InChI is InChI=1S/C21H15Cl2N5OS/c1-12-4-5-14(26-20(29)15-6-8-25-19(23)18(15)22)9-16(12)27-21-28-17(11-30-21)13-3-2-7-24-10-13/h2-11H,1H3,(H,26,29)(H,27,28). The van der Waals surface area contributed by atoms with Crippen molar-refractivity contribution in [2.75, 3.05) is 10.6 Å². The molecule has 4 rings (SSSR count). The Balaban J connectivity index is 1.53. The minimum absolute atomic E-state index is 0.0868. The van der Waals surface area contributed by atoms with Crippen LogP contribution in [0.1, 0.15) is 15.9 Å². The first-order chi connectivity index (χ1) is 14.5. The molecule has 0 aliphatic carbocycles. The van der Waals surface area contributed by atoms with Crippen LogP contribution in [0.3, 0.4) is 0 Å². The van der Waals surface area contributed by atoms with E-state index in [-0.39, 0.29) is 21.6 Å². The molecule has 0 saturated carbocycles. The largest absolute Gasteiger partial charge is 0.331 e. The van der Waals surface area contributed by atoms with Crippen LogP contribution in [0.4, 0.5) is 16.5 Å². The van der Waals surface area contributed by atoms with E-state index in [1.807, 2.05) is 42.6 Å². The van der Waals surface area contributed by atoms with Crippen molar-refractivity contribution in [3.05, 3.63) is 81.7 Å². The first-order valence-corrected chi connectivity index (χ1v) is 10.5. The van der Waals surface area contributed by atoms with Crippen LogP contribution in [0.5, 0.6) is 0 Å². The molecular weight excluding hydrogens is 441 g/mol. The minimum Gasteiger partial charge on any atom is -0.331 e. The van der Waals surface area contributed by atoms with Crippen LogP contribution < -0.4 is 10.6 Å². The van der Waals surface area contributed by atoms with E-state index in [1.54, 1.807) is 12.4 Å². The Hall–Kier alpha value is -3.00. The van der Waals surface area contributed by atoms with Gasteiger partial charge in [-0.3, -0.25) is 9.78 Å². The number of aryl methyl sites for hydroxylation is 1. The Morgan fingerprint density at radius 2 is 2.00 bits per heavy atom. The molecule has 150 valence electrons. The van der Waals surface area contributed by atoms with Gasteiger partial charge in [-0.05, 0) is 42.8 Å². The Bertz CT molecular complexity index is 1210. The molecule has 0 aliphatic heterocycles. The molecule has 30 heavy (non-hydrogen) atoms. The van der Waals surface area contributed by atoms with Crippen molar-refractivity contribution < 1.29 is 4.79 Å². The molecule has 0 atom stereocenters. The van der Waals surface area contributed by atoms with Crippen molar-refractivity contribution in [3.8, 4) is 11.3 Å². The highest BCUT2D eigenvalue weighted by molar-refractivity contribution is 7.14. The van der Waals surface area contributed by atoms with Crippen LogP contribution in [-0.4, -0.2) is 20.9 Å². The number of hydrogen-bond acceptors (Lipinski definition) is 6. The molecule has 0 radical (unpaired) electrons. The molecule has 0 saturated heterocycles. The van der Waals surface area contributed by atoms with E-state index in [1.165, 1.54) is 23.6 Å². The number of nitrogens with one attached hydrogen (secondary N) is 2. The molecule has 1 aromatic carbocycles. The van der Waals surface area contributed by atoms with Crippen molar-refractivity contribution in [2.45, 2.75) is 6.92 Å². The number of benzene rings is 1. The van der Waals surface area contributed by atoms with E-state index in [2.05, 4.69) is 25.6 Å². The van der Waals surface area contributed by atoms with Crippen molar-refractivity contribution >= 4 is 57.0 Å². The summed E-state index contributed by atoms with van der Waals surface area (Å²) in [4.78, 5) is 25.2. The maximum Gasteiger partial charge on any atom is 0.257 e. The van der Waals surface area contributed by atoms with E-state index in [0.29, 0.717) is 5.69 Å². The monoisotopic (exact) mass is 455 g/mol. The maximum atomic E-state index is 12.6. The van der Waals surface area contributed by atoms with Gasteiger partial charge in [0, 0.05) is 40.9 Å². The van der Waals surface area contributed by atoms with Crippen LogP contribution in [0.25, 0.3) is 11.3 Å². The number of anilines is 3. The van der Waals surface area contributed by atoms with E-state index >= 15 is 0 Å². The third kappa shape index (κ3) is 4.43. The summed E-state index contributed by atoms with van der Waals surface area (Å²) >= 11 is 13.5. The summed E-state index contributed by atoms with van der Waals surface area (Å²) < 4.78 is 0. The van der Waals surface area contributed by atoms with Gasteiger partial charge in [-0.15, -0.1) is 11.3 Å². The number of aromatic nitrogens is 3. The van der Waals surface area contributed by atoms with Gasteiger partial charge in [-0.2, -0.15) is 0 Å². The fourth-order valence-corrected chi connectivity index (χ4v) is 3.81. The van der Waals surface area contributed by atoms with Crippen LogP contribution in [0, 0.1) is 6.92 Å². The smallest absolute Gasteiger partial charge is 0.257 e. The lowest BCUT2D eigenvalue weighted by Gasteiger charge is -2.11. The maximum absolute atomic E-state index is 12.6. The SMILES string of the molecule is Cc1ccc(NC(=O)c2ccnc(Cl)c2Cl)cc1Nc1nc(-c2cccnc2)cs1. The number of thiazole rings is 1. The summed E-state index contributed by atoms with van der Waals surface area (Å²) in [5.74, 6) is -0.368. The Morgan fingerprint density at radius 3 is 2.80 bits per heavy atom. The molecule has 0 spiro atoms. The van der Waals surface area contributed by atoms with Gasteiger partial charge < -0.3 is 10.6 Å². The zero-order valence-corrected chi connectivity index (χ0v) is 18.0. The van der Waals surface area contributed by atoms with Crippen LogP contribution in [0.15, 0.2) is 60.4 Å².